The molecule has 0 spiro atoms. The topological polar surface area (TPSA) is 95.8 Å². The Hall–Kier alpha value is -2.32. The van der Waals surface area contributed by atoms with Gasteiger partial charge in [0.2, 0.25) is 5.95 Å². The zero-order valence-electron chi connectivity index (χ0n) is 20.8. The fourth-order valence-corrected chi connectivity index (χ4v) is 4.64. The lowest BCUT2D eigenvalue weighted by molar-refractivity contribution is 0.318. The number of pyridine rings is 1. The number of aliphatic hydroxyl groups is 1. The van der Waals surface area contributed by atoms with Crippen LogP contribution in [0.1, 0.15) is 75.9 Å². The monoisotopic (exact) mass is 470 g/mol. The van der Waals surface area contributed by atoms with E-state index in [2.05, 4.69) is 37.5 Å². The summed E-state index contributed by atoms with van der Waals surface area (Å²) >= 11 is 1.71. The number of hydrogen-bond donors (Lipinski definition) is 3. The minimum atomic E-state index is 0.250. The average molecular weight is 471 g/mol. The first kappa shape index (κ1) is 25.3. The molecule has 0 unspecified atom stereocenters. The molecule has 2 fully saturated rings. The van der Waals surface area contributed by atoms with E-state index in [0.29, 0.717) is 11.9 Å². The SMILES string of the molecule is CCC.CCO.CNc1nc(NCC2CC2)nc(C)c1-c1nc2c(C3CC3)nc(C)cc2s1. The van der Waals surface area contributed by atoms with Crippen molar-refractivity contribution < 1.29 is 5.11 Å². The number of aryl methyl sites for hydroxylation is 2. The average Bonchev–Trinajstić information content (AvgIpc) is 3.70. The number of anilines is 2. The van der Waals surface area contributed by atoms with E-state index >= 15 is 0 Å². The quantitative estimate of drug-likeness (QED) is 0.411. The van der Waals surface area contributed by atoms with E-state index in [1.807, 2.05) is 14.0 Å². The maximum absolute atomic E-state index is 7.57. The van der Waals surface area contributed by atoms with Gasteiger partial charge in [-0.2, -0.15) is 4.98 Å². The summed E-state index contributed by atoms with van der Waals surface area (Å²) < 4.78 is 1.21. The van der Waals surface area contributed by atoms with Crippen LogP contribution in [0.2, 0.25) is 0 Å². The number of nitrogens with zero attached hydrogens (tertiary/aromatic N) is 4. The first-order valence-electron chi connectivity index (χ1n) is 12.1. The molecular formula is C25H38N6OS. The summed E-state index contributed by atoms with van der Waals surface area (Å²) in [6, 6.07) is 2.14. The Kier molecular flexibility index (Phi) is 8.97. The Labute approximate surface area is 201 Å². The van der Waals surface area contributed by atoms with E-state index in [1.54, 1.807) is 18.3 Å². The van der Waals surface area contributed by atoms with Crippen LogP contribution in [-0.4, -0.2) is 45.2 Å². The van der Waals surface area contributed by atoms with Crippen LogP contribution in [0.3, 0.4) is 0 Å². The smallest absolute Gasteiger partial charge is 0.224 e. The molecule has 3 aromatic heterocycles. The fourth-order valence-electron chi connectivity index (χ4n) is 3.47. The van der Waals surface area contributed by atoms with Crippen molar-refractivity contribution in [3.05, 3.63) is 23.1 Å². The molecule has 0 saturated heterocycles. The molecule has 3 heterocycles. The molecule has 2 aliphatic rings. The van der Waals surface area contributed by atoms with Gasteiger partial charge in [-0.15, -0.1) is 11.3 Å². The molecule has 2 aliphatic carbocycles. The lowest BCUT2D eigenvalue weighted by atomic mass is 10.2. The number of thiazole rings is 1. The van der Waals surface area contributed by atoms with Gasteiger partial charge in [-0.1, -0.05) is 20.3 Å². The van der Waals surface area contributed by atoms with Gasteiger partial charge in [-0.3, -0.25) is 4.98 Å². The largest absolute Gasteiger partial charge is 0.397 e. The third-order valence-electron chi connectivity index (χ3n) is 5.28. The van der Waals surface area contributed by atoms with Crippen LogP contribution in [0, 0.1) is 19.8 Å². The fraction of sp³-hybridized carbons (Fsp3) is 0.600. The Bertz CT molecular complexity index is 1060. The molecule has 0 aromatic carbocycles. The standard InChI is InChI=1S/C20H24N6S.C3H8.C2H6O/c1-10-8-14-17(16(23-10)13-6-7-13)25-19(27-14)15-11(2)24-20(26-18(15)21-3)22-9-12-4-5-12;1-3-2;1-2-3/h8,12-13H,4-7,9H2,1-3H3,(H2,21,22,24,26);3H2,1-2H3;3H,2H2,1H3. The Balaban J connectivity index is 0.000000464. The number of aliphatic hydroxyl groups excluding tert-OH is 1. The van der Waals surface area contributed by atoms with Crippen molar-refractivity contribution in [3.8, 4) is 10.6 Å². The highest BCUT2D eigenvalue weighted by atomic mass is 32.1. The second-order valence-corrected chi connectivity index (χ2v) is 9.77. The van der Waals surface area contributed by atoms with E-state index in [9.17, 15) is 0 Å². The van der Waals surface area contributed by atoms with E-state index in [1.165, 1.54) is 42.5 Å². The van der Waals surface area contributed by atoms with E-state index in [0.717, 1.165) is 45.8 Å². The molecule has 5 rings (SSSR count). The zero-order chi connectivity index (χ0) is 24.0. The molecule has 0 atom stereocenters. The van der Waals surface area contributed by atoms with Crippen LogP contribution in [0.25, 0.3) is 20.8 Å². The first-order chi connectivity index (χ1) is 15.9. The van der Waals surface area contributed by atoms with E-state index in [4.69, 9.17) is 25.0 Å². The minimum Gasteiger partial charge on any atom is -0.397 e. The third kappa shape index (κ3) is 6.60. The minimum absolute atomic E-state index is 0.250. The number of rotatable bonds is 6. The van der Waals surface area contributed by atoms with Gasteiger partial charge in [-0.25, -0.2) is 9.97 Å². The van der Waals surface area contributed by atoms with Gasteiger partial charge in [-0.05, 0) is 58.4 Å². The van der Waals surface area contributed by atoms with Crippen molar-refractivity contribution in [1.29, 1.82) is 0 Å². The molecule has 0 bridgehead atoms. The highest BCUT2D eigenvalue weighted by molar-refractivity contribution is 7.21. The van der Waals surface area contributed by atoms with Crippen molar-refractivity contribution in [1.82, 2.24) is 19.9 Å². The van der Waals surface area contributed by atoms with Crippen LogP contribution in [0.5, 0.6) is 0 Å². The number of nitrogens with one attached hydrogen (secondary N) is 2. The highest BCUT2D eigenvalue weighted by Crippen LogP contribution is 2.44. The van der Waals surface area contributed by atoms with Crippen molar-refractivity contribution in [3.63, 3.8) is 0 Å². The first-order valence-corrected chi connectivity index (χ1v) is 13.0. The number of hydrogen-bond acceptors (Lipinski definition) is 8. The molecule has 180 valence electrons. The Morgan fingerprint density at radius 2 is 1.70 bits per heavy atom. The maximum atomic E-state index is 7.57. The summed E-state index contributed by atoms with van der Waals surface area (Å²) in [6.07, 6.45) is 6.32. The predicted molar refractivity (Wildman–Crippen MR) is 139 cm³/mol. The van der Waals surface area contributed by atoms with Gasteiger partial charge in [0.25, 0.3) is 0 Å². The van der Waals surface area contributed by atoms with Crippen LogP contribution < -0.4 is 10.6 Å². The van der Waals surface area contributed by atoms with E-state index < -0.39 is 0 Å². The molecule has 0 amide bonds. The number of fused-ring (bicyclic) bond motifs is 1. The van der Waals surface area contributed by atoms with Gasteiger partial charge in [0.15, 0.2) is 0 Å². The number of aromatic nitrogens is 4. The Morgan fingerprint density at radius 3 is 2.27 bits per heavy atom. The lowest BCUT2D eigenvalue weighted by Crippen LogP contribution is -2.10. The highest BCUT2D eigenvalue weighted by Gasteiger charge is 2.29. The second-order valence-electron chi connectivity index (χ2n) is 8.74. The van der Waals surface area contributed by atoms with Gasteiger partial charge in [0.1, 0.15) is 16.3 Å². The summed E-state index contributed by atoms with van der Waals surface area (Å²) in [5, 5.41) is 15.2. The molecular weight excluding hydrogens is 432 g/mol. The van der Waals surface area contributed by atoms with Crippen LogP contribution in [0.15, 0.2) is 6.07 Å². The third-order valence-corrected chi connectivity index (χ3v) is 6.30. The summed E-state index contributed by atoms with van der Waals surface area (Å²) in [7, 11) is 1.91. The van der Waals surface area contributed by atoms with Crippen molar-refractivity contribution in [2.24, 2.45) is 5.92 Å². The molecule has 7 nitrogen and oxygen atoms in total. The summed E-state index contributed by atoms with van der Waals surface area (Å²) in [5.74, 6) is 2.90. The van der Waals surface area contributed by atoms with Crippen LogP contribution in [-0.2, 0) is 0 Å². The molecule has 33 heavy (non-hydrogen) atoms. The van der Waals surface area contributed by atoms with Crippen molar-refractivity contribution in [2.75, 3.05) is 30.8 Å². The summed E-state index contributed by atoms with van der Waals surface area (Å²) in [4.78, 5) is 19.2. The van der Waals surface area contributed by atoms with Crippen LogP contribution in [0.4, 0.5) is 11.8 Å². The van der Waals surface area contributed by atoms with Gasteiger partial charge >= 0.3 is 0 Å². The Morgan fingerprint density at radius 1 is 1.03 bits per heavy atom. The zero-order valence-corrected chi connectivity index (χ0v) is 21.6. The van der Waals surface area contributed by atoms with Gasteiger partial charge in [0, 0.05) is 31.8 Å². The molecule has 0 aliphatic heterocycles. The summed E-state index contributed by atoms with van der Waals surface area (Å²) in [5.41, 5.74) is 5.24. The molecule has 0 radical (unpaired) electrons. The van der Waals surface area contributed by atoms with Crippen molar-refractivity contribution >= 4 is 33.3 Å². The van der Waals surface area contributed by atoms with E-state index in [-0.39, 0.29) is 6.61 Å². The van der Waals surface area contributed by atoms with Crippen LogP contribution >= 0.6 is 11.3 Å². The maximum Gasteiger partial charge on any atom is 0.224 e. The molecule has 3 aromatic rings. The second kappa shape index (κ2) is 11.7. The predicted octanol–water partition coefficient (Wildman–Crippen LogP) is 5.92. The molecule has 8 heteroatoms. The van der Waals surface area contributed by atoms with Gasteiger partial charge in [0.05, 0.1) is 21.7 Å². The summed E-state index contributed by atoms with van der Waals surface area (Å²) in [6.45, 7) is 11.2. The molecule has 2 saturated carbocycles. The van der Waals surface area contributed by atoms with Crippen molar-refractivity contribution in [2.45, 2.75) is 72.6 Å². The lowest BCUT2D eigenvalue weighted by Gasteiger charge is -2.12. The molecule has 3 N–H and O–H groups in total. The van der Waals surface area contributed by atoms with Gasteiger partial charge < -0.3 is 15.7 Å². The normalized spacial score (nSPS) is 14.8.